The number of amides is 1. The van der Waals surface area contributed by atoms with E-state index in [4.69, 9.17) is 0 Å². The normalized spacial score (nSPS) is 15.7. The van der Waals surface area contributed by atoms with Gasteiger partial charge in [-0.05, 0) is 15.9 Å². The summed E-state index contributed by atoms with van der Waals surface area (Å²) in [5.41, 5.74) is 1.22. The molecule has 2 rings (SSSR count). The molecule has 8 heteroatoms. The number of carbonyl (C=O) groups is 1. The zero-order valence-corrected chi connectivity index (χ0v) is 11.2. The van der Waals surface area contributed by atoms with Crippen molar-refractivity contribution in [2.45, 2.75) is 32.6 Å². The molecule has 0 spiro atoms. The van der Waals surface area contributed by atoms with Gasteiger partial charge in [0.15, 0.2) is 0 Å². The van der Waals surface area contributed by atoms with Crippen molar-refractivity contribution in [3.8, 4) is 0 Å². The van der Waals surface area contributed by atoms with Gasteiger partial charge in [-0.3, -0.25) is 9.48 Å². The van der Waals surface area contributed by atoms with Crippen LogP contribution in [-0.2, 0) is 24.3 Å². The molecule has 1 aliphatic heterocycles. The van der Waals surface area contributed by atoms with Gasteiger partial charge in [-0.15, -0.1) is 0 Å². The lowest BCUT2D eigenvalue weighted by Crippen LogP contribution is -2.35. The Morgan fingerprint density at radius 1 is 1.50 bits per heavy atom. The summed E-state index contributed by atoms with van der Waals surface area (Å²) in [4.78, 5) is 12.8. The molecule has 4 nitrogen and oxygen atoms in total. The highest BCUT2D eigenvalue weighted by Gasteiger charge is 2.32. The quantitative estimate of drug-likeness (QED) is 0.793. The van der Waals surface area contributed by atoms with Gasteiger partial charge in [0.1, 0.15) is 11.1 Å². The monoisotopic (exact) mass is 325 g/mol. The van der Waals surface area contributed by atoms with E-state index >= 15 is 0 Å². The summed E-state index contributed by atoms with van der Waals surface area (Å²) < 4.78 is 38.5. The molecule has 0 fully saturated rings. The highest BCUT2D eigenvalue weighted by Crippen LogP contribution is 2.28. The van der Waals surface area contributed by atoms with E-state index in [9.17, 15) is 18.0 Å². The van der Waals surface area contributed by atoms with Gasteiger partial charge in [-0.2, -0.15) is 18.3 Å². The van der Waals surface area contributed by atoms with E-state index in [2.05, 4.69) is 21.0 Å². The molecule has 0 aromatic carbocycles. The first-order valence-electron chi connectivity index (χ1n) is 5.34. The summed E-state index contributed by atoms with van der Waals surface area (Å²) in [7, 11) is 0. The Morgan fingerprint density at radius 2 is 2.17 bits per heavy atom. The second kappa shape index (κ2) is 4.56. The van der Waals surface area contributed by atoms with Crippen LogP contribution < -0.4 is 0 Å². The van der Waals surface area contributed by atoms with Crippen LogP contribution in [-0.4, -0.2) is 33.3 Å². The first-order valence-corrected chi connectivity index (χ1v) is 6.13. The van der Waals surface area contributed by atoms with Crippen molar-refractivity contribution in [1.82, 2.24) is 14.7 Å². The Bertz CT molecular complexity index is 483. The average molecular weight is 326 g/mol. The van der Waals surface area contributed by atoms with E-state index in [1.165, 1.54) is 6.92 Å². The minimum absolute atomic E-state index is 0.0869. The molecule has 18 heavy (non-hydrogen) atoms. The smallest absolute Gasteiger partial charge is 0.338 e. The third kappa shape index (κ3) is 2.68. The highest BCUT2D eigenvalue weighted by atomic mass is 79.9. The van der Waals surface area contributed by atoms with Gasteiger partial charge >= 0.3 is 6.18 Å². The van der Waals surface area contributed by atoms with Crippen LogP contribution in [0.4, 0.5) is 13.2 Å². The Kier molecular flexibility index (Phi) is 3.39. The fourth-order valence-electron chi connectivity index (χ4n) is 2.02. The maximum Gasteiger partial charge on any atom is 0.408 e. The third-order valence-electron chi connectivity index (χ3n) is 2.86. The predicted molar refractivity (Wildman–Crippen MR) is 60.8 cm³/mol. The summed E-state index contributed by atoms with van der Waals surface area (Å²) in [5, 5.41) is 3.85. The Labute approximate surface area is 110 Å². The first kappa shape index (κ1) is 13.4. The van der Waals surface area contributed by atoms with E-state index in [1.807, 2.05) is 0 Å². The minimum atomic E-state index is -4.29. The standard InChI is InChI=1S/C10H11BrF3N3O/c1-6(18)16-3-2-8-7(4-16)9(11)15-17(8)5-10(12,13)14/h2-5H2,1H3. The van der Waals surface area contributed by atoms with Gasteiger partial charge in [0.05, 0.1) is 6.54 Å². The molecule has 100 valence electrons. The number of alkyl halides is 3. The number of fused-ring (bicyclic) bond motifs is 1. The molecule has 0 saturated heterocycles. The zero-order chi connectivity index (χ0) is 13.5. The van der Waals surface area contributed by atoms with Crippen LogP contribution >= 0.6 is 15.9 Å². The van der Waals surface area contributed by atoms with Gasteiger partial charge < -0.3 is 4.90 Å². The number of hydrogen-bond donors (Lipinski definition) is 0. The van der Waals surface area contributed by atoms with Crippen LogP contribution in [0.15, 0.2) is 4.60 Å². The van der Waals surface area contributed by atoms with Crippen molar-refractivity contribution in [2.24, 2.45) is 0 Å². The number of rotatable bonds is 1. The molecule has 0 saturated carbocycles. The number of hydrogen-bond acceptors (Lipinski definition) is 2. The third-order valence-corrected chi connectivity index (χ3v) is 3.50. The minimum Gasteiger partial charge on any atom is -0.338 e. The summed E-state index contributed by atoms with van der Waals surface area (Å²) in [6.45, 7) is 1.08. The molecule has 0 radical (unpaired) electrons. The molecule has 1 amide bonds. The average Bonchev–Trinajstić information content (AvgIpc) is 2.53. The molecule has 0 atom stereocenters. The maximum atomic E-state index is 12.4. The van der Waals surface area contributed by atoms with Crippen molar-refractivity contribution in [3.63, 3.8) is 0 Å². The van der Waals surface area contributed by atoms with Crippen molar-refractivity contribution in [1.29, 1.82) is 0 Å². The molecule has 0 unspecified atom stereocenters. The van der Waals surface area contributed by atoms with Gasteiger partial charge in [-0.1, -0.05) is 0 Å². The van der Waals surface area contributed by atoms with Crippen LogP contribution in [0.25, 0.3) is 0 Å². The predicted octanol–water partition coefficient (Wildman–Crippen LogP) is 2.11. The Balaban J connectivity index is 2.29. The second-order valence-electron chi connectivity index (χ2n) is 4.18. The molecular formula is C10H11BrF3N3O. The van der Waals surface area contributed by atoms with Crippen molar-refractivity contribution in [2.75, 3.05) is 6.54 Å². The van der Waals surface area contributed by atoms with Crippen LogP contribution in [0.5, 0.6) is 0 Å². The summed E-state index contributed by atoms with van der Waals surface area (Å²) in [6.07, 6.45) is -3.90. The van der Waals surface area contributed by atoms with E-state index in [0.717, 1.165) is 4.68 Å². The van der Waals surface area contributed by atoms with Crippen molar-refractivity contribution in [3.05, 3.63) is 15.9 Å². The Morgan fingerprint density at radius 3 is 2.72 bits per heavy atom. The summed E-state index contributed by atoms with van der Waals surface area (Å²) >= 11 is 3.15. The van der Waals surface area contributed by atoms with Gasteiger partial charge in [0, 0.05) is 31.1 Å². The molecule has 2 heterocycles. The molecule has 0 bridgehead atoms. The lowest BCUT2D eigenvalue weighted by molar-refractivity contribution is -0.143. The maximum absolute atomic E-state index is 12.4. The van der Waals surface area contributed by atoms with E-state index < -0.39 is 12.7 Å². The Hall–Kier alpha value is -1.05. The van der Waals surface area contributed by atoms with Crippen LogP contribution in [0, 0.1) is 0 Å². The number of aromatic nitrogens is 2. The largest absolute Gasteiger partial charge is 0.408 e. The van der Waals surface area contributed by atoms with Gasteiger partial charge in [0.25, 0.3) is 0 Å². The zero-order valence-electron chi connectivity index (χ0n) is 9.59. The van der Waals surface area contributed by atoms with E-state index in [1.54, 1.807) is 4.90 Å². The fourth-order valence-corrected chi connectivity index (χ4v) is 2.56. The van der Waals surface area contributed by atoms with E-state index in [-0.39, 0.29) is 5.91 Å². The van der Waals surface area contributed by atoms with Crippen molar-refractivity contribution < 1.29 is 18.0 Å². The summed E-state index contributed by atoms with van der Waals surface area (Å²) in [6, 6.07) is 0. The van der Waals surface area contributed by atoms with Gasteiger partial charge in [0.2, 0.25) is 5.91 Å². The first-order chi connectivity index (χ1) is 8.28. The molecule has 1 aromatic rings. The van der Waals surface area contributed by atoms with Gasteiger partial charge in [-0.25, -0.2) is 0 Å². The number of carbonyl (C=O) groups excluding carboxylic acids is 1. The second-order valence-corrected chi connectivity index (χ2v) is 4.93. The molecule has 1 aromatic heterocycles. The topological polar surface area (TPSA) is 38.1 Å². The summed E-state index contributed by atoms with van der Waals surface area (Å²) in [5.74, 6) is -0.0869. The lowest BCUT2D eigenvalue weighted by Gasteiger charge is -2.26. The number of nitrogens with zero attached hydrogens (tertiary/aromatic N) is 3. The van der Waals surface area contributed by atoms with E-state index in [0.29, 0.717) is 35.4 Å². The molecular weight excluding hydrogens is 315 g/mol. The SMILES string of the molecule is CC(=O)N1CCc2c(c(Br)nn2CC(F)(F)F)C1. The highest BCUT2D eigenvalue weighted by molar-refractivity contribution is 9.10. The lowest BCUT2D eigenvalue weighted by atomic mass is 10.1. The number of halogens is 4. The van der Waals surface area contributed by atoms with Crippen LogP contribution in [0.2, 0.25) is 0 Å². The fraction of sp³-hybridized carbons (Fsp3) is 0.600. The molecule has 0 N–H and O–H groups in total. The molecule has 1 aliphatic rings. The van der Waals surface area contributed by atoms with Crippen LogP contribution in [0.3, 0.4) is 0 Å². The van der Waals surface area contributed by atoms with Crippen LogP contribution in [0.1, 0.15) is 18.2 Å². The van der Waals surface area contributed by atoms with Crippen molar-refractivity contribution >= 4 is 21.8 Å². The molecule has 0 aliphatic carbocycles.